The average Bonchev–Trinajstić information content (AvgIpc) is 3.39. The Morgan fingerprint density at radius 3 is 3.04 bits per heavy atom. The fourth-order valence-electron chi connectivity index (χ4n) is 3.03. The molecule has 1 saturated heterocycles. The minimum Gasteiger partial charge on any atom is -0.462 e. The zero-order valence-corrected chi connectivity index (χ0v) is 15.5. The van der Waals surface area contributed by atoms with E-state index >= 15 is 0 Å². The normalized spacial score (nSPS) is 16.6. The molecule has 0 aliphatic carbocycles. The van der Waals surface area contributed by atoms with Crippen molar-refractivity contribution in [2.75, 3.05) is 11.9 Å². The molecule has 9 heteroatoms. The molecular weight excluding hydrogens is 368 g/mol. The van der Waals surface area contributed by atoms with Gasteiger partial charge in [0.15, 0.2) is 10.8 Å². The zero-order valence-electron chi connectivity index (χ0n) is 14.7. The number of hydrogen-bond donors (Lipinski definition) is 1. The lowest BCUT2D eigenvalue weighted by atomic mass is 10.1. The van der Waals surface area contributed by atoms with Gasteiger partial charge in [-0.15, -0.1) is 10.2 Å². The van der Waals surface area contributed by atoms with Gasteiger partial charge in [0.25, 0.3) is 11.5 Å². The van der Waals surface area contributed by atoms with Crippen LogP contribution in [0.2, 0.25) is 0 Å². The molecule has 3 aromatic rings. The third-order valence-corrected chi connectivity index (χ3v) is 5.26. The van der Waals surface area contributed by atoms with Crippen LogP contribution in [0.25, 0.3) is 10.8 Å². The van der Waals surface area contributed by atoms with Crippen molar-refractivity contribution in [3.05, 3.63) is 52.1 Å². The fourth-order valence-corrected chi connectivity index (χ4v) is 3.73. The number of carbonyl (C=O) groups is 1. The van der Waals surface area contributed by atoms with Gasteiger partial charge < -0.3 is 13.7 Å². The van der Waals surface area contributed by atoms with Crippen LogP contribution in [0, 0.1) is 6.92 Å². The lowest BCUT2D eigenvalue weighted by Gasteiger charge is -2.14. The molecular formula is C18H18N4O4S. The average molecular weight is 386 g/mol. The number of rotatable bonds is 5. The minimum absolute atomic E-state index is 0.0142. The predicted molar refractivity (Wildman–Crippen MR) is 100.0 cm³/mol. The van der Waals surface area contributed by atoms with E-state index in [1.165, 1.54) is 15.9 Å². The second-order valence-electron chi connectivity index (χ2n) is 6.31. The summed E-state index contributed by atoms with van der Waals surface area (Å²) in [5.74, 6) is 0.0733. The fraction of sp³-hybridized carbons (Fsp3) is 0.333. The number of nitrogens with one attached hydrogen (secondary N) is 1. The van der Waals surface area contributed by atoms with Crippen molar-refractivity contribution in [1.82, 2.24) is 14.8 Å². The van der Waals surface area contributed by atoms with Crippen LogP contribution >= 0.6 is 11.3 Å². The van der Waals surface area contributed by atoms with E-state index in [2.05, 4.69) is 15.5 Å². The smallest absolute Gasteiger partial charge is 0.263 e. The minimum atomic E-state index is -0.499. The van der Waals surface area contributed by atoms with Gasteiger partial charge in [-0.1, -0.05) is 11.3 Å². The van der Waals surface area contributed by atoms with Crippen molar-refractivity contribution >= 4 is 22.4 Å². The molecule has 8 nitrogen and oxygen atoms in total. The van der Waals surface area contributed by atoms with Gasteiger partial charge in [-0.2, -0.15) is 0 Å². The van der Waals surface area contributed by atoms with E-state index in [-0.39, 0.29) is 17.2 Å². The molecule has 4 rings (SSSR count). The standard InChI is InChI=1S/C18H18N4O4S/c1-11-6-7-22(10-12-4-2-8-25-12)17(24)14(11)15(23)19-18-21-20-16(27-18)13-5-3-9-26-13/h3,5-7,9,12H,2,4,8,10H2,1H3,(H,19,21,23). The summed E-state index contributed by atoms with van der Waals surface area (Å²) in [4.78, 5) is 25.5. The van der Waals surface area contributed by atoms with E-state index in [0.717, 1.165) is 12.8 Å². The third-order valence-electron chi connectivity index (χ3n) is 4.40. The summed E-state index contributed by atoms with van der Waals surface area (Å²) in [6.07, 6.45) is 5.17. The molecule has 3 aromatic heterocycles. The molecule has 4 heterocycles. The summed E-state index contributed by atoms with van der Waals surface area (Å²) in [6.45, 7) is 2.90. The van der Waals surface area contributed by atoms with E-state index in [4.69, 9.17) is 9.15 Å². The highest BCUT2D eigenvalue weighted by atomic mass is 32.1. The van der Waals surface area contributed by atoms with Crippen molar-refractivity contribution in [3.8, 4) is 10.8 Å². The topological polar surface area (TPSA) is 99.2 Å². The number of pyridine rings is 1. The maximum Gasteiger partial charge on any atom is 0.263 e. The lowest BCUT2D eigenvalue weighted by molar-refractivity contribution is 0.0952. The van der Waals surface area contributed by atoms with Crippen LogP contribution in [0.1, 0.15) is 28.8 Å². The van der Waals surface area contributed by atoms with E-state index in [1.54, 1.807) is 37.6 Å². The molecule has 27 heavy (non-hydrogen) atoms. The quantitative estimate of drug-likeness (QED) is 0.724. The largest absolute Gasteiger partial charge is 0.462 e. The Morgan fingerprint density at radius 2 is 2.30 bits per heavy atom. The number of furan rings is 1. The number of carbonyl (C=O) groups excluding carboxylic acids is 1. The van der Waals surface area contributed by atoms with Gasteiger partial charge in [-0.05, 0) is 43.5 Å². The molecule has 0 saturated carbocycles. The molecule has 0 spiro atoms. The molecule has 1 unspecified atom stereocenters. The molecule has 1 fully saturated rings. The SMILES string of the molecule is Cc1ccn(CC2CCCO2)c(=O)c1C(=O)Nc1nnc(-c2ccco2)s1. The van der Waals surface area contributed by atoms with Gasteiger partial charge in [0.1, 0.15) is 5.56 Å². The first kappa shape index (κ1) is 17.6. The molecule has 0 bridgehead atoms. The summed E-state index contributed by atoms with van der Waals surface area (Å²) in [5, 5.41) is 11.5. The maximum atomic E-state index is 12.8. The van der Waals surface area contributed by atoms with E-state index in [1.807, 2.05) is 0 Å². The van der Waals surface area contributed by atoms with Crippen molar-refractivity contribution in [1.29, 1.82) is 0 Å². The highest BCUT2D eigenvalue weighted by Gasteiger charge is 2.21. The number of amides is 1. The predicted octanol–water partition coefficient (Wildman–Crippen LogP) is 2.70. The van der Waals surface area contributed by atoms with Gasteiger partial charge in [-0.3, -0.25) is 14.9 Å². The Hall–Kier alpha value is -2.78. The van der Waals surface area contributed by atoms with Crippen LogP contribution in [0.4, 0.5) is 5.13 Å². The Balaban J connectivity index is 1.55. The molecule has 1 aliphatic rings. The number of anilines is 1. The Labute approximate surface area is 158 Å². The number of hydrogen-bond acceptors (Lipinski definition) is 7. The highest BCUT2D eigenvalue weighted by Crippen LogP contribution is 2.26. The Bertz CT molecular complexity index is 1000. The summed E-state index contributed by atoms with van der Waals surface area (Å²) in [7, 11) is 0. The monoisotopic (exact) mass is 386 g/mol. The van der Waals surface area contributed by atoms with Crippen LogP contribution in [-0.4, -0.2) is 33.4 Å². The molecule has 1 aliphatic heterocycles. The highest BCUT2D eigenvalue weighted by molar-refractivity contribution is 7.18. The second kappa shape index (κ2) is 7.45. The van der Waals surface area contributed by atoms with Crippen LogP contribution in [0.15, 0.2) is 39.9 Å². The van der Waals surface area contributed by atoms with Crippen molar-refractivity contribution in [2.45, 2.75) is 32.4 Å². The number of aryl methyl sites for hydroxylation is 1. The van der Waals surface area contributed by atoms with E-state index in [9.17, 15) is 9.59 Å². The van der Waals surface area contributed by atoms with E-state index < -0.39 is 5.91 Å². The molecule has 1 atom stereocenters. The summed E-state index contributed by atoms with van der Waals surface area (Å²) in [5.41, 5.74) is 0.376. The van der Waals surface area contributed by atoms with Crippen molar-refractivity contribution in [3.63, 3.8) is 0 Å². The second-order valence-corrected chi connectivity index (χ2v) is 7.29. The van der Waals surface area contributed by atoms with Crippen LogP contribution in [0.5, 0.6) is 0 Å². The van der Waals surface area contributed by atoms with Gasteiger partial charge in [-0.25, -0.2) is 0 Å². The number of aromatic nitrogens is 3. The zero-order chi connectivity index (χ0) is 18.8. The van der Waals surface area contributed by atoms with Crippen molar-refractivity contribution < 1.29 is 13.9 Å². The number of nitrogens with zero attached hydrogens (tertiary/aromatic N) is 3. The van der Waals surface area contributed by atoms with Crippen LogP contribution in [-0.2, 0) is 11.3 Å². The molecule has 140 valence electrons. The van der Waals surface area contributed by atoms with E-state index in [0.29, 0.717) is 34.6 Å². The van der Waals surface area contributed by atoms with Gasteiger partial charge >= 0.3 is 0 Å². The van der Waals surface area contributed by atoms with Gasteiger partial charge in [0, 0.05) is 12.8 Å². The first-order valence-corrected chi connectivity index (χ1v) is 9.44. The van der Waals surface area contributed by atoms with Crippen molar-refractivity contribution in [2.24, 2.45) is 0 Å². The maximum absolute atomic E-state index is 12.8. The molecule has 1 amide bonds. The third kappa shape index (κ3) is 3.69. The van der Waals surface area contributed by atoms with Gasteiger partial charge in [0.05, 0.1) is 18.9 Å². The molecule has 0 aromatic carbocycles. The summed E-state index contributed by atoms with van der Waals surface area (Å²) < 4.78 is 12.4. The summed E-state index contributed by atoms with van der Waals surface area (Å²) >= 11 is 1.18. The van der Waals surface area contributed by atoms with Gasteiger partial charge in [0.2, 0.25) is 5.13 Å². The first-order chi connectivity index (χ1) is 13.1. The Morgan fingerprint density at radius 1 is 1.41 bits per heavy atom. The lowest BCUT2D eigenvalue weighted by Crippen LogP contribution is -2.32. The molecule has 0 radical (unpaired) electrons. The Kier molecular flexibility index (Phi) is 4.87. The summed E-state index contributed by atoms with van der Waals surface area (Å²) in [6, 6.07) is 5.27. The van der Waals surface area contributed by atoms with Crippen LogP contribution < -0.4 is 10.9 Å². The first-order valence-electron chi connectivity index (χ1n) is 8.62. The molecule has 1 N–H and O–H groups in total. The van der Waals surface area contributed by atoms with Crippen LogP contribution in [0.3, 0.4) is 0 Å². The number of ether oxygens (including phenoxy) is 1.